The molecule has 3 fully saturated rings. The van der Waals surface area contributed by atoms with Crippen molar-refractivity contribution in [2.24, 2.45) is 23.2 Å². The normalized spacial score (nSPS) is 29.7. The highest BCUT2D eigenvalue weighted by Gasteiger charge is 2.52. The Kier molecular flexibility index (Phi) is 5.51. The Morgan fingerprint density at radius 1 is 1.10 bits per heavy atom. The average Bonchev–Trinajstić information content (AvgIpc) is 3.42. The molecule has 0 spiro atoms. The van der Waals surface area contributed by atoms with Crippen molar-refractivity contribution in [1.82, 2.24) is 14.0 Å². The zero-order valence-corrected chi connectivity index (χ0v) is 18.9. The van der Waals surface area contributed by atoms with Gasteiger partial charge in [-0.15, -0.1) is 0 Å². The second-order valence-corrected chi connectivity index (χ2v) is 10.8. The van der Waals surface area contributed by atoms with Crippen LogP contribution in [0.25, 0.3) is 11.0 Å². The maximum atomic E-state index is 13.3. The summed E-state index contributed by atoms with van der Waals surface area (Å²) in [4.78, 5) is 15.9. The van der Waals surface area contributed by atoms with Crippen molar-refractivity contribution in [1.29, 1.82) is 0 Å². The third kappa shape index (κ3) is 3.57. The zero-order chi connectivity index (χ0) is 21.8. The Labute approximate surface area is 184 Å². The van der Waals surface area contributed by atoms with Crippen molar-refractivity contribution >= 4 is 11.0 Å². The molecule has 2 aliphatic carbocycles. The lowest BCUT2D eigenvalue weighted by Gasteiger charge is -2.42. The number of piperidine rings is 1. The van der Waals surface area contributed by atoms with Crippen LogP contribution >= 0.6 is 0 Å². The number of para-hydroxylation sites is 2. The minimum Gasteiger partial charge on any atom is -0.394 e. The fourth-order valence-corrected chi connectivity index (χ4v) is 7.02. The van der Waals surface area contributed by atoms with Crippen LogP contribution in [0.15, 0.2) is 29.1 Å². The summed E-state index contributed by atoms with van der Waals surface area (Å²) in [5, 5.41) is 19.2. The molecule has 0 radical (unpaired) electrons. The molecule has 2 bridgehead atoms. The molecule has 6 heteroatoms. The quantitative estimate of drug-likeness (QED) is 0.744. The molecule has 170 valence electrons. The molecular weight excluding hydrogens is 390 g/mol. The SMILES string of the molecule is CC1(C)[C@H]2CC[C@H](C2)[C@H]1CN1CCC(n2c(=O)n(C[C@@H](O)CO)c3ccccc32)CC1. The highest BCUT2D eigenvalue weighted by Crippen LogP contribution is 2.59. The predicted octanol–water partition coefficient (Wildman–Crippen LogP) is 2.87. The number of rotatable bonds is 6. The lowest BCUT2D eigenvalue weighted by atomic mass is 9.68. The molecular formula is C25H37N3O3. The standard InChI is InChI=1S/C25H37N3O3/c1-25(2)18-8-7-17(13-18)21(25)15-26-11-9-19(10-12-26)28-23-6-4-3-5-22(23)27(24(28)31)14-20(30)16-29/h3-6,17-21,29-30H,7-16H2,1-2H3/t17-,18+,20-,21-/m1/s1. The Morgan fingerprint density at radius 2 is 1.81 bits per heavy atom. The second-order valence-electron chi connectivity index (χ2n) is 10.8. The zero-order valence-electron chi connectivity index (χ0n) is 18.9. The van der Waals surface area contributed by atoms with Gasteiger partial charge in [0.25, 0.3) is 0 Å². The van der Waals surface area contributed by atoms with Crippen molar-refractivity contribution in [3.8, 4) is 0 Å². The van der Waals surface area contributed by atoms with Crippen molar-refractivity contribution < 1.29 is 10.2 Å². The van der Waals surface area contributed by atoms with Gasteiger partial charge in [0, 0.05) is 25.7 Å². The Bertz CT molecular complexity index is 986. The fourth-order valence-electron chi connectivity index (χ4n) is 7.02. The first-order valence-electron chi connectivity index (χ1n) is 12.1. The molecule has 2 saturated carbocycles. The van der Waals surface area contributed by atoms with Gasteiger partial charge in [-0.25, -0.2) is 4.79 Å². The lowest BCUT2D eigenvalue weighted by Crippen LogP contribution is -2.44. The van der Waals surface area contributed by atoms with Gasteiger partial charge < -0.3 is 15.1 Å². The van der Waals surface area contributed by atoms with Gasteiger partial charge >= 0.3 is 5.69 Å². The van der Waals surface area contributed by atoms with Crippen LogP contribution in [0.5, 0.6) is 0 Å². The number of fused-ring (bicyclic) bond motifs is 3. The van der Waals surface area contributed by atoms with Crippen molar-refractivity contribution in [3.63, 3.8) is 0 Å². The fraction of sp³-hybridized carbons (Fsp3) is 0.720. The third-order valence-corrected chi connectivity index (χ3v) is 8.90. The molecule has 2 N–H and O–H groups in total. The lowest BCUT2D eigenvalue weighted by molar-refractivity contribution is 0.0643. The van der Waals surface area contributed by atoms with Crippen molar-refractivity contribution in [3.05, 3.63) is 34.7 Å². The van der Waals surface area contributed by atoms with E-state index in [0.29, 0.717) is 5.41 Å². The Morgan fingerprint density at radius 3 is 2.45 bits per heavy atom. The summed E-state index contributed by atoms with van der Waals surface area (Å²) in [6.07, 6.45) is 5.32. The van der Waals surface area contributed by atoms with Crippen LogP contribution in [0.1, 0.15) is 52.0 Å². The van der Waals surface area contributed by atoms with E-state index in [1.807, 2.05) is 28.8 Å². The van der Waals surface area contributed by atoms with Crippen molar-refractivity contribution in [2.45, 2.75) is 64.6 Å². The maximum absolute atomic E-state index is 13.3. The van der Waals surface area contributed by atoms with Crippen LogP contribution in [-0.2, 0) is 6.54 Å². The molecule has 1 aromatic carbocycles. The molecule has 4 atom stereocenters. The molecule has 5 rings (SSSR count). The van der Waals surface area contributed by atoms with Gasteiger partial charge in [0.05, 0.1) is 30.3 Å². The number of nitrogens with zero attached hydrogens (tertiary/aromatic N) is 3. The highest BCUT2D eigenvalue weighted by atomic mass is 16.3. The van der Waals surface area contributed by atoms with Crippen LogP contribution in [0.4, 0.5) is 0 Å². The number of likely N-dealkylation sites (tertiary alicyclic amines) is 1. The number of benzene rings is 1. The van der Waals surface area contributed by atoms with Gasteiger partial charge in [-0.1, -0.05) is 26.0 Å². The molecule has 6 nitrogen and oxygen atoms in total. The molecule has 1 aliphatic heterocycles. The summed E-state index contributed by atoms with van der Waals surface area (Å²) < 4.78 is 3.57. The van der Waals surface area contributed by atoms with E-state index in [2.05, 4.69) is 18.7 Å². The van der Waals surface area contributed by atoms with Crippen LogP contribution in [-0.4, -0.2) is 56.6 Å². The molecule has 0 unspecified atom stereocenters. The average molecular weight is 428 g/mol. The van der Waals surface area contributed by atoms with Crippen LogP contribution < -0.4 is 5.69 Å². The van der Waals surface area contributed by atoms with E-state index < -0.39 is 6.10 Å². The largest absolute Gasteiger partial charge is 0.394 e. The summed E-state index contributed by atoms with van der Waals surface area (Å²) in [5.41, 5.74) is 2.18. The summed E-state index contributed by atoms with van der Waals surface area (Å²) in [5.74, 6) is 2.64. The van der Waals surface area contributed by atoms with E-state index in [-0.39, 0.29) is 24.9 Å². The van der Waals surface area contributed by atoms with Crippen LogP contribution in [0, 0.1) is 23.2 Å². The van der Waals surface area contributed by atoms with Crippen LogP contribution in [0.3, 0.4) is 0 Å². The van der Waals surface area contributed by atoms with E-state index in [4.69, 9.17) is 0 Å². The first-order valence-corrected chi connectivity index (χ1v) is 12.1. The Balaban J connectivity index is 1.32. The minimum atomic E-state index is -0.927. The smallest absolute Gasteiger partial charge is 0.329 e. The Hall–Kier alpha value is -1.63. The van der Waals surface area contributed by atoms with Gasteiger partial charge in [0.15, 0.2) is 0 Å². The summed E-state index contributed by atoms with van der Waals surface area (Å²) >= 11 is 0. The minimum absolute atomic E-state index is 0.0682. The topological polar surface area (TPSA) is 70.6 Å². The van der Waals surface area contributed by atoms with Crippen molar-refractivity contribution in [2.75, 3.05) is 26.2 Å². The monoisotopic (exact) mass is 427 g/mol. The molecule has 0 amide bonds. The number of aliphatic hydroxyl groups excluding tert-OH is 2. The van der Waals surface area contributed by atoms with Gasteiger partial charge in [0.1, 0.15) is 0 Å². The highest BCUT2D eigenvalue weighted by molar-refractivity contribution is 5.76. The first-order chi connectivity index (χ1) is 14.9. The van der Waals surface area contributed by atoms with Crippen LogP contribution in [0.2, 0.25) is 0 Å². The number of aliphatic hydroxyl groups is 2. The summed E-state index contributed by atoms with van der Waals surface area (Å²) in [7, 11) is 0. The van der Waals surface area contributed by atoms with E-state index >= 15 is 0 Å². The van der Waals surface area contributed by atoms with Gasteiger partial charge in [0.2, 0.25) is 0 Å². The number of imidazole rings is 1. The third-order valence-electron chi connectivity index (χ3n) is 8.90. The summed E-state index contributed by atoms with van der Waals surface area (Å²) in [6, 6.07) is 8.02. The van der Waals surface area contributed by atoms with Gasteiger partial charge in [-0.3, -0.25) is 9.13 Å². The van der Waals surface area contributed by atoms with E-state index in [0.717, 1.165) is 54.7 Å². The first kappa shape index (κ1) is 21.2. The predicted molar refractivity (Wildman–Crippen MR) is 122 cm³/mol. The number of aromatic nitrogens is 2. The molecule has 31 heavy (non-hydrogen) atoms. The molecule has 1 aromatic heterocycles. The molecule has 2 heterocycles. The van der Waals surface area contributed by atoms with Gasteiger partial charge in [-0.05, 0) is 67.4 Å². The van der Waals surface area contributed by atoms with E-state index in [1.54, 1.807) is 4.57 Å². The van der Waals surface area contributed by atoms with Gasteiger partial charge in [-0.2, -0.15) is 0 Å². The summed E-state index contributed by atoms with van der Waals surface area (Å²) in [6.45, 7) is 8.05. The molecule has 3 aliphatic rings. The molecule has 1 saturated heterocycles. The van der Waals surface area contributed by atoms with E-state index in [9.17, 15) is 15.0 Å². The molecule has 2 aromatic rings. The maximum Gasteiger partial charge on any atom is 0.329 e. The number of hydrogen-bond donors (Lipinski definition) is 2. The van der Waals surface area contributed by atoms with E-state index in [1.165, 1.54) is 25.8 Å². The second kappa shape index (κ2) is 8.05. The number of hydrogen-bond acceptors (Lipinski definition) is 4.